The monoisotopic (exact) mass is 242 g/mol. The van der Waals surface area contributed by atoms with Crippen LogP contribution in [0.3, 0.4) is 0 Å². The topological polar surface area (TPSA) is 72.2 Å². The Morgan fingerprint density at radius 2 is 2.00 bits per heavy atom. The zero-order chi connectivity index (χ0) is 12.3. The Morgan fingerprint density at radius 1 is 1.38 bits per heavy atom. The fourth-order valence-corrected chi connectivity index (χ4v) is 2.56. The Kier molecular flexibility index (Phi) is 4.07. The molecule has 1 atom stereocenters. The second kappa shape index (κ2) is 4.95. The minimum atomic E-state index is -3.06. The molecule has 0 radical (unpaired) electrons. The molecule has 1 aromatic rings. The van der Waals surface area contributed by atoms with Gasteiger partial charge in [0.25, 0.3) is 0 Å². The lowest BCUT2D eigenvalue weighted by molar-refractivity contribution is 0.563. The smallest absolute Gasteiger partial charge is 0.149 e. The second-order valence-corrected chi connectivity index (χ2v) is 6.29. The molecule has 3 N–H and O–H groups in total. The van der Waals surface area contributed by atoms with E-state index in [4.69, 9.17) is 5.84 Å². The average Bonchev–Trinajstić information content (AvgIpc) is 2.18. The van der Waals surface area contributed by atoms with Crippen molar-refractivity contribution in [2.24, 2.45) is 5.84 Å². The highest BCUT2D eigenvalue weighted by Gasteiger charge is 2.18. The van der Waals surface area contributed by atoms with Gasteiger partial charge in [-0.25, -0.2) is 8.42 Å². The van der Waals surface area contributed by atoms with E-state index >= 15 is 0 Å². The van der Waals surface area contributed by atoms with E-state index in [1.807, 2.05) is 32.0 Å². The summed E-state index contributed by atoms with van der Waals surface area (Å²) in [7, 11) is -3.06. The first kappa shape index (κ1) is 13.2. The molecule has 0 saturated carbocycles. The zero-order valence-electron chi connectivity index (χ0n) is 9.82. The van der Waals surface area contributed by atoms with E-state index in [2.05, 4.69) is 5.43 Å². The third-order valence-electron chi connectivity index (χ3n) is 2.69. The van der Waals surface area contributed by atoms with Gasteiger partial charge in [-0.05, 0) is 30.5 Å². The standard InChI is InChI=1S/C11H18N2O2S/c1-8-5-4-6-10(9(8)2)11(13-12)7-16(3,14)15/h4-6,11,13H,7,12H2,1-3H3. The third-order valence-corrected chi connectivity index (χ3v) is 3.63. The van der Waals surface area contributed by atoms with Crippen LogP contribution in [0, 0.1) is 13.8 Å². The van der Waals surface area contributed by atoms with Crippen molar-refractivity contribution in [1.29, 1.82) is 0 Å². The molecule has 5 heteroatoms. The van der Waals surface area contributed by atoms with Crippen LogP contribution in [0.4, 0.5) is 0 Å². The minimum absolute atomic E-state index is 0.00773. The first-order valence-corrected chi connectivity index (χ1v) is 7.11. The number of benzene rings is 1. The van der Waals surface area contributed by atoms with Gasteiger partial charge in [0.05, 0.1) is 11.8 Å². The van der Waals surface area contributed by atoms with Crippen LogP contribution in [0.2, 0.25) is 0 Å². The molecule has 1 aromatic carbocycles. The number of hydrogen-bond donors (Lipinski definition) is 2. The Bertz CT molecular complexity index is 469. The van der Waals surface area contributed by atoms with Crippen molar-refractivity contribution in [2.75, 3.05) is 12.0 Å². The summed E-state index contributed by atoms with van der Waals surface area (Å²) in [6, 6.07) is 5.45. The lowest BCUT2D eigenvalue weighted by Crippen LogP contribution is -2.33. The van der Waals surface area contributed by atoms with E-state index < -0.39 is 9.84 Å². The van der Waals surface area contributed by atoms with Crippen molar-refractivity contribution in [1.82, 2.24) is 5.43 Å². The number of nitrogens with two attached hydrogens (primary N) is 1. The average molecular weight is 242 g/mol. The van der Waals surface area contributed by atoms with Crippen LogP contribution >= 0.6 is 0 Å². The molecule has 0 aromatic heterocycles. The summed E-state index contributed by atoms with van der Waals surface area (Å²) in [5.74, 6) is 5.42. The molecule has 0 spiro atoms. The van der Waals surface area contributed by atoms with Crippen LogP contribution in [-0.2, 0) is 9.84 Å². The second-order valence-electron chi connectivity index (χ2n) is 4.10. The predicted molar refractivity (Wildman–Crippen MR) is 65.7 cm³/mol. The first-order chi connectivity index (χ1) is 7.35. The normalized spacial score (nSPS) is 13.8. The number of rotatable bonds is 4. The molecule has 0 aliphatic heterocycles. The molecule has 0 aliphatic rings. The van der Waals surface area contributed by atoms with Crippen LogP contribution in [0.25, 0.3) is 0 Å². The fourth-order valence-electron chi connectivity index (χ4n) is 1.68. The van der Waals surface area contributed by atoms with Crippen LogP contribution in [0.1, 0.15) is 22.7 Å². The lowest BCUT2D eigenvalue weighted by Gasteiger charge is -2.18. The van der Waals surface area contributed by atoms with Crippen LogP contribution in [0.5, 0.6) is 0 Å². The molecule has 0 aliphatic carbocycles. The highest BCUT2D eigenvalue weighted by molar-refractivity contribution is 7.90. The summed E-state index contributed by atoms with van der Waals surface area (Å²) < 4.78 is 22.5. The van der Waals surface area contributed by atoms with Gasteiger partial charge in [-0.3, -0.25) is 11.3 Å². The SMILES string of the molecule is Cc1cccc(C(CS(C)(=O)=O)NN)c1C. The van der Waals surface area contributed by atoms with E-state index in [9.17, 15) is 8.42 Å². The molecule has 0 fully saturated rings. The summed E-state index contributed by atoms with van der Waals surface area (Å²) in [6.07, 6.45) is 1.21. The Labute approximate surface area is 96.7 Å². The Morgan fingerprint density at radius 3 is 2.50 bits per heavy atom. The minimum Gasteiger partial charge on any atom is -0.271 e. The van der Waals surface area contributed by atoms with Gasteiger partial charge in [-0.15, -0.1) is 0 Å². The van der Waals surface area contributed by atoms with Crippen molar-refractivity contribution in [2.45, 2.75) is 19.9 Å². The summed E-state index contributed by atoms with van der Waals surface area (Å²) >= 11 is 0. The molecule has 16 heavy (non-hydrogen) atoms. The summed E-state index contributed by atoms with van der Waals surface area (Å²) in [5.41, 5.74) is 5.71. The van der Waals surface area contributed by atoms with Crippen molar-refractivity contribution in [3.8, 4) is 0 Å². The highest BCUT2D eigenvalue weighted by Crippen LogP contribution is 2.21. The van der Waals surface area contributed by atoms with Crippen molar-refractivity contribution >= 4 is 9.84 Å². The van der Waals surface area contributed by atoms with Crippen LogP contribution in [-0.4, -0.2) is 20.4 Å². The summed E-state index contributed by atoms with van der Waals surface area (Å²) in [6.45, 7) is 3.96. The van der Waals surface area contributed by atoms with Crippen LogP contribution in [0.15, 0.2) is 18.2 Å². The van der Waals surface area contributed by atoms with E-state index in [-0.39, 0.29) is 11.8 Å². The molecule has 90 valence electrons. The lowest BCUT2D eigenvalue weighted by atomic mass is 9.99. The first-order valence-electron chi connectivity index (χ1n) is 5.05. The van der Waals surface area contributed by atoms with E-state index in [1.54, 1.807) is 0 Å². The van der Waals surface area contributed by atoms with Gasteiger partial charge in [0, 0.05) is 6.26 Å². The Balaban J connectivity index is 3.09. The molecule has 4 nitrogen and oxygen atoms in total. The largest absolute Gasteiger partial charge is 0.271 e. The molecule has 1 unspecified atom stereocenters. The quantitative estimate of drug-likeness (QED) is 0.606. The van der Waals surface area contributed by atoms with E-state index in [0.717, 1.165) is 16.7 Å². The predicted octanol–water partition coefficient (Wildman–Crippen LogP) is 0.852. The third kappa shape index (κ3) is 3.30. The zero-order valence-corrected chi connectivity index (χ0v) is 10.6. The molecule has 0 bridgehead atoms. The van der Waals surface area contributed by atoms with Gasteiger partial charge >= 0.3 is 0 Å². The number of aryl methyl sites for hydroxylation is 1. The highest BCUT2D eigenvalue weighted by atomic mass is 32.2. The van der Waals surface area contributed by atoms with E-state index in [1.165, 1.54) is 6.26 Å². The number of nitrogens with one attached hydrogen (secondary N) is 1. The van der Waals surface area contributed by atoms with Gasteiger partial charge < -0.3 is 0 Å². The number of hydrazine groups is 1. The maximum atomic E-state index is 11.3. The van der Waals surface area contributed by atoms with Gasteiger partial charge in [0.15, 0.2) is 0 Å². The molecule has 0 amide bonds. The van der Waals surface area contributed by atoms with Crippen molar-refractivity contribution < 1.29 is 8.42 Å². The summed E-state index contributed by atoms with van der Waals surface area (Å²) in [4.78, 5) is 0. The van der Waals surface area contributed by atoms with Gasteiger partial charge in [-0.2, -0.15) is 0 Å². The Hall–Kier alpha value is -0.910. The maximum Gasteiger partial charge on any atom is 0.149 e. The van der Waals surface area contributed by atoms with E-state index in [0.29, 0.717) is 0 Å². The van der Waals surface area contributed by atoms with Crippen LogP contribution < -0.4 is 11.3 Å². The van der Waals surface area contributed by atoms with Gasteiger partial charge in [0.2, 0.25) is 0 Å². The van der Waals surface area contributed by atoms with Gasteiger partial charge in [-0.1, -0.05) is 18.2 Å². The van der Waals surface area contributed by atoms with Crippen molar-refractivity contribution in [3.05, 3.63) is 34.9 Å². The molecule has 1 rings (SSSR count). The molecular formula is C11H18N2O2S. The molecule has 0 heterocycles. The fraction of sp³-hybridized carbons (Fsp3) is 0.455. The van der Waals surface area contributed by atoms with Gasteiger partial charge in [0.1, 0.15) is 9.84 Å². The molecule has 0 saturated heterocycles. The summed E-state index contributed by atoms with van der Waals surface area (Å²) in [5, 5.41) is 0. The molecular weight excluding hydrogens is 224 g/mol. The number of hydrogen-bond acceptors (Lipinski definition) is 4. The maximum absolute atomic E-state index is 11.3. The van der Waals surface area contributed by atoms with Crippen molar-refractivity contribution in [3.63, 3.8) is 0 Å². The number of sulfone groups is 1.